The number of hydrazone groups is 1. The van der Waals surface area contributed by atoms with E-state index in [2.05, 4.69) is 10.5 Å². The van der Waals surface area contributed by atoms with Crippen LogP contribution in [0, 0.1) is 5.82 Å². The molecule has 2 amide bonds. The molecule has 0 unspecified atom stereocenters. The second-order valence-corrected chi connectivity index (χ2v) is 7.09. The topological polar surface area (TPSA) is 61.8 Å². The number of carbonyl (C=O) groups is 2. The van der Waals surface area contributed by atoms with Gasteiger partial charge < -0.3 is 0 Å². The number of benzene rings is 1. The third kappa shape index (κ3) is 3.54. The first-order valence-corrected chi connectivity index (χ1v) is 8.57. The summed E-state index contributed by atoms with van der Waals surface area (Å²) in [5.74, 6) is -0.784. The first kappa shape index (κ1) is 16.0. The number of carbonyl (C=O) groups excluding carboxylic acids is 2. The van der Waals surface area contributed by atoms with Crippen molar-refractivity contribution in [2.45, 2.75) is 0 Å². The average molecular weight is 370 g/mol. The summed E-state index contributed by atoms with van der Waals surface area (Å²) < 4.78 is 13.5. The lowest BCUT2D eigenvalue weighted by Crippen LogP contribution is -2.31. The highest BCUT2D eigenvalue weighted by Crippen LogP contribution is 2.27. The highest BCUT2D eigenvalue weighted by molar-refractivity contribution is 8.15. The van der Waals surface area contributed by atoms with Gasteiger partial charge in [-0.05, 0) is 36.4 Å². The summed E-state index contributed by atoms with van der Waals surface area (Å²) in [6, 6.07) is 8.69. The fourth-order valence-electron chi connectivity index (χ4n) is 1.88. The van der Waals surface area contributed by atoms with E-state index in [1.807, 2.05) is 0 Å². The van der Waals surface area contributed by atoms with E-state index in [9.17, 15) is 14.0 Å². The first-order chi connectivity index (χ1) is 11.0. The van der Waals surface area contributed by atoms with Crippen molar-refractivity contribution in [1.29, 1.82) is 0 Å². The molecule has 2 aromatic rings. The van der Waals surface area contributed by atoms with Crippen LogP contribution >= 0.6 is 34.7 Å². The average Bonchev–Trinajstić information content (AvgIpc) is 3.12. The Morgan fingerprint density at radius 1 is 1.26 bits per heavy atom. The lowest BCUT2D eigenvalue weighted by Gasteiger charge is -2.15. The Hall–Kier alpha value is -1.90. The number of nitrogens with one attached hydrogen (secondary N) is 1. The van der Waals surface area contributed by atoms with Crippen LogP contribution in [0.15, 0.2) is 41.5 Å². The smallest absolute Gasteiger partial charge is 0.273 e. The Labute approximate surface area is 144 Å². The van der Waals surface area contributed by atoms with E-state index in [1.165, 1.54) is 40.9 Å². The van der Waals surface area contributed by atoms with Crippen LogP contribution in [0.1, 0.15) is 9.67 Å². The van der Waals surface area contributed by atoms with Gasteiger partial charge in [-0.1, -0.05) is 23.4 Å². The minimum Gasteiger partial charge on any atom is -0.273 e. The third-order valence-electron chi connectivity index (χ3n) is 2.90. The Kier molecular flexibility index (Phi) is 4.65. The number of amidine groups is 1. The van der Waals surface area contributed by atoms with Gasteiger partial charge in [0.1, 0.15) is 5.82 Å². The molecule has 0 saturated carbocycles. The van der Waals surface area contributed by atoms with E-state index >= 15 is 0 Å². The molecule has 0 aliphatic carbocycles. The van der Waals surface area contributed by atoms with Crippen molar-refractivity contribution in [3.8, 4) is 0 Å². The second kappa shape index (κ2) is 6.69. The lowest BCUT2D eigenvalue weighted by molar-refractivity contribution is -0.115. The van der Waals surface area contributed by atoms with Crippen molar-refractivity contribution in [3.05, 3.63) is 51.4 Å². The van der Waals surface area contributed by atoms with Crippen LogP contribution < -0.4 is 10.3 Å². The van der Waals surface area contributed by atoms with Gasteiger partial charge in [-0.3, -0.25) is 14.5 Å². The number of hydrogen-bond donors (Lipinski definition) is 1. The van der Waals surface area contributed by atoms with Crippen LogP contribution in [0.5, 0.6) is 0 Å². The number of nitrogens with zero attached hydrogens (tertiary/aromatic N) is 2. The van der Waals surface area contributed by atoms with Crippen molar-refractivity contribution in [2.75, 3.05) is 10.7 Å². The molecule has 0 bridgehead atoms. The molecule has 1 saturated heterocycles. The van der Waals surface area contributed by atoms with Crippen molar-refractivity contribution in [2.24, 2.45) is 5.10 Å². The van der Waals surface area contributed by atoms with E-state index in [1.54, 1.807) is 12.1 Å². The van der Waals surface area contributed by atoms with Gasteiger partial charge in [-0.15, -0.1) is 16.4 Å². The van der Waals surface area contributed by atoms with Crippen molar-refractivity contribution < 1.29 is 14.0 Å². The third-order valence-corrected chi connectivity index (χ3v) is 5.05. The SMILES string of the molecule is O=C(NN=C1SCC(=O)N1c1ccc(F)cc1)c1ccc(Cl)s1. The molecule has 23 heavy (non-hydrogen) atoms. The summed E-state index contributed by atoms with van der Waals surface area (Å²) in [5.41, 5.74) is 2.89. The van der Waals surface area contributed by atoms with Crippen molar-refractivity contribution in [3.63, 3.8) is 0 Å². The molecule has 3 rings (SSSR count). The molecule has 1 aromatic heterocycles. The molecule has 1 aliphatic rings. The van der Waals surface area contributed by atoms with Crippen molar-refractivity contribution in [1.82, 2.24) is 5.43 Å². The van der Waals surface area contributed by atoms with Gasteiger partial charge >= 0.3 is 0 Å². The summed E-state index contributed by atoms with van der Waals surface area (Å²) >= 11 is 8.11. The molecule has 0 radical (unpaired) electrons. The van der Waals surface area contributed by atoms with Crippen LogP contribution in [0.2, 0.25) is 4.34 Å². The molecule has 118 valence electrons. The minimum absolute atomic E-state index is 0.186. The molecule has 0 spiro atoms. The normalized spacial score (nSPS) is 16.2. The molecular formula is C14H9ClFN3O2S2. The van der Waals surface area contributed by atoms with Gasteiger partial charge in [-0.25, -0.2) is 9.82 Å². The van der Waals surface area contributed by atoms with Gasteiger partial charge in [-0.2, -0.15) is 0 Å². The van der Waals surface area contributed by atoms with E-state index in [-0.39, 0.29) is 11.7 Å². The largest absolute Gasteiger partial charge is 0.281 e. The zero-order valence-electron chi connectivity index (χ0n) is 11.5. The molecule has 1 fully saturated rings. The Morgan fingerprint density at radius 3 is 2.65 bits per heavy atom. The summed E-state index contributed by atoms with van der Waals surface area (Å²) in [6.45, 7) is 0. The van der Waals surface area contributed by atoms with Gasteiger partial charge in [0.15, 0.2) is 5.17 Å². The highest BCUT2D eigenvalue weighted by atomic mass is 35.5. The lowest BCUT2D eigenvalue weighted by atomic mass is 10.3. The predicted molar refractivity (Wildman–Crippen MR) is 90.6 cm³/mol. The second-order valence-electron chi connectivity index (χ2n) is 4.43. The van der Waals surface area contributed by atoms with Crippen molar-refractivity contribution >= 4 is 57.4 Å². The fourth-order valence-corrected chi connectivity index (χ4v) is 3.64. The van der Waals surface area contributed by atoms with Crippen LogP contribution in [-0.2, 0) is 4.79 Å². The standard InChI is InChI=1S/C14H9ClFN3O2S2/c15-11-6-5-10(23-11)13(21)17-18-14-19(12(20)7-22-14)9-3-1-8(16)2-4-9/h1-6H,7H2,(H,17,21). The molecule has 0 atom stereocenters. The quantitative estimate of drug-likeness (QED) is 0.844. The number of thioether (sulfide) groups is 1. The predicted octanol–water partition coefficient (Wildman–Crippen LogP) is 3.32. The van der Waals surface area contributed by atoms with E-state index in [0.29, 0.717) is 20.1 Å². The van der Waals surface area contributed by atoms with Crippen LogP contribution in [0.4, 0.5) is 10.1 Å². The summed E-state index contributed by atoms with van der Waals surface area (Å²) in [4.78, 5) is 25.7. The monoisotopic (exact) mass is 369 g/mol. The van der Waals surface area contributed by atoms with E-state index in [0.717, 1.165) is 11.3 Å². The Morgan fingerprint density at radius 2 is 2.00 bits per heavy atom. The van der Waals surface area contributed by atoms with Gasteiger partial charge in [0, 0.05) is 0 Å². The molecule has 1 aliphatic heterocycles. The van der Waals surface area contributed by atoms with Crippen LogP contribution in [-0.4, -0.2) is 22.7 Å². The Balaban J connectivity index is 1.78. The maximum absolute atomic E-state index is 13.0. The van der Waals surface area contributed by atoms with Crippen LogP contribution in [0.3, 0.4) is 0 Å². The molecule has 1 aromatic carbocycles. The zero-order valence-corrected chi connectivity index (χ0v) is 13.8. The number of hydrogen-bond acceptors (Lipinski definition) is 5. The fraction of sp³-hybridized carbons (Fsp3) is 0.0714. The van der Waals surface area contributed by atoms with Gasteiger partial charge in [0.2, 0.25) is 5.91 Å². The van der Waals surface area contributed by atoms with Crippen LogP contribution in [0.25, 0.3) is 0 Å². The number of halogens is 2. The zero-order chi connectivity index (χ0) is 16.4. The molecule has 2 heterocycles. The number of thiophene rings is 1. The van der Waals surface area contributed by atoms with E-state index < -0.39 is 11.7 Å². The summed E-state index contributed by atoms with van der Waals surface area (Å²) in [7, 11) is 0. The Bertz CT molecular complexity index is 792. The molecule has 5 nitrogen and oxygen atoms in total. The molecular weight excluding hydrogens is 361 g/mol. The molecule has 1 N–H and O–H groups in total. The first-order valence-electron chi connectivity index (χ1n) is 6.39. The maximum atomic E-state index is 13.0. The molecule has 9 heteroatoms. The summed E-state index contributed by atoms with van der Waals surface area (Å²) in [6.07, 6.45) is 0. The van der Waals surface area contributed by atoms with E-state index in [4.69, 9.17) is 11.6 Å². The van der Waals surface area contributed by atoms with Gasteiger partial charge in [0.25, 0.3) is 5.91 Å². The number of amides is 2. The maximum Gasteiger partial charge on any atom is 0.281 e. The van der Waals surface area contributed by atoms with Gasteiger partial charge in [0.05, 0.1) is 20.7 Å². The highest BCUT2D eigenvalue weighted by Gasteiger charge is 2.30. The number of anilines is 1. The number of rotatable bonds is 3. The summed E-state index contributed by atoms with van der Waals surface area (Å²) in [5, 5.41) is 4.33. The minimum atomic E-state index is -0.409.